The molecular formula is C17H18O. The van der Waals surface area contributed by atoms with Crippen LogP contribution in [0.3, 0.4) is 0 Å². The van der Waals surface area contributed by atoms with Gasteiger partial charge in [-0.05, 0) is 49.1 Å². The minimum Gasteiger partial charge on any atom is -0.289 e. The first kappa shape index (κ1) is 12.6. The number of hydrogen-bond donors (Lipinski definition) is 0. The van der Waals surface area contributed by atoms with Gasteiger partial charge in [0.05, 0.1) is 0 Å². The molecule has 2 aromatic rings. The van der Waals surface area contributed by atoms with Gasteiger partial charge < -0.3 is 0 Å². The Morgan fingerprint density at radius 1 is 0.944 bits per heavy atom. The Morgan fingerprint density at radius 2 is 1.67 bits per heavy atom. The van der Waals surface area contributed by atoms with Gasteiger partial charge in [0.25, 0.3) is 0 Å². The molecule has 0 heterocycles. The lowest BCUT2D eigenvalue weighted by molar-refractivity contribution is 0.103. The summed E-state index contributed by atoms with van der Waals surface area (Å²) in [5, 5.41) is 0. The first-order chi connectivity index (χ1) is 8.61. The standard InChI is InChI=1S/C17H18O/c1-4-14-6-5-7-15(11-14)17(18)16-9-8-12(2)13(3)10-16/h5-11H,4H2,1-3H3. The molecule has 0 N–H and O–H groups in total. The van der Waals surface area contributed by atoms with Crippen molar-refractivity contribution in [2.75, 3.05) is 0 Å². The minimum atomic E-state index is 0.105. The Labute approximate surface area is 108 Å². The highest BCUT2D eigenvalue weighted by atomic mass is 16.1. The number of carbonyl (C=O) groups excluding carboxylic acids is 1. The molecule has 0 unspecified atom stereocenters. The van der Waals surface area contributed by atoms with Crippen molar-refractivity contribution in [3.8, 4) is 0 Å². The third kappa shape index (κ3) is 2.51. The number of ketones is 1. The Hall–Kier alpha value is -1.89. The Kier molecular flexibility index (Phi) is 3.61. The van der Waals surface area contributed by atoms with Crippen molar-refractivity contribution in [3.63, 3.8) is 0 Å². The molecule has 1 heteroatoms. The van der Waals surface area contributed by atoms with Crippen molar-refractivity contribution >= 4 is 5.78 Å². The zero-order valence-electron chi connectivity index (χ0n) is 11.2. The second-order valence-corrected chi connectivity index (χ2v) is 4.68. The van der Waals surface area contributed by atoms with Crippen LogP contribution in [-0.2, 0) is 6.42 Å². The van der Waals surface area contributed by atoms with Gasteiger partial charge in [0.2, 0.25) is 0 Å². The van der Waals surface area contributed by atoms with E-state index in [9.17, 15) is 4.79 Å². The van der Waals surface area contributed by atoms with E-state index < -0.39 is 0 Å². The van der Waals surface area contributed by atoms with Crippen LogP contribution in [0.5, 0.6) is 0 Å². The van der Waals surface area contributed by atoms with Crippen LogP contribution < -0.4 is 0 Å². The smallest absolute Gasteiger partial charge is 0.193 e. The van der Waals surface area contributed by atoms with Crippen molar-refractivity contribution < 1.29 is 4.79 Å². The van der Waals surface area contributed by atoms with Crippen LogP contribution in [0.1, 0.15) is 39.5 Å². The average Bonchev–Trinajstić information content (AvgIpc) is 2.41. The number of carbonyl (C=O) groups is 1. The van der Waals surface area contributed by atoms with Crippen molar-refractivity contribution in [2.24, 2.45) is 0 Å². The summed E-state index contributed by atoms with van der Waals surface area (Å²) in [6.45, 7) is 6.19. The van der Waals surface area contributed by atoms with E-state index in [4.69, 9.17) is 0 Å². The molecule has 18 heavy (non-hydrogen) atoms. The Morgan fingerprint density at radius 3 is 2.33 bits per heavy atom. The van der Waals surface area contributed by atoms with Crippen molar-refractivity contribution in [2.45, 2.75) is 27.2 Å². The fourth-order valence-electron chi connectivity index (χ4n) is 1.98. The molecule has 0 saturated heterocycles. The number of aryl methyl sites for hydroxylation is 3. The monoisotopic (exact) mass is 238 g/mol. The molecule has 0 spiro atoms. The van der Waals surface area contributed by atoms with Gasteiger partial charge in [0.15, 0.2) is 5.78 Å². The summed E-state index contributed by atoms with van der Waals surface area (Å²) in [6, 6.07) is 13.8. The van der Waals surface area contributed by atoms with Crippen molar-refractivity contribution in [1.29, 1.82) is 0 Å². The predicted octanol–water partition coefficient (Wildman–Crippen LogP) is 4.10. The van der Waals surface area contributed by atoms with Crippen LogP contribution in [0.4, 0.5) is 0 Å². The van der Waals surface area contributed by atoms with Gasteiger partial charge in [-0.1, -0.05) is 37.3 Å². The van der Waals surface area contributed by atoms with Gasteiger partial charge in [-0.15, -0.1) is 0 Å². The molecule has 0 bridgehead atoms. The molecule has 0 aliphatic carbocycles. The lowest BCUT2D eigenvalue weighted by Crippen LogP contribution is -2.02. The van der Waals surface area contributed by atoms with Crippen molar-refractivity contribution in [1.82, 2.24) is 0 Å². The molecular weight excluding hydrogens is 220 g/mol. The Balaban J connectivity index is 2.38. The van der Waals surface area contributed by atoms with E-state index in [2.05, 4.69) is 19.9 Å². The number of hydrogen-bond acceptors (Lipinski definition) is 1. The summed E-state index contributed by atoms with van der Waals surface area (Å²) in [6.07, 6.45) is 0.952. The van der Waals surface area contributed by atoms with Crippen LogP contribution in [0.2, 0.25) is 0 Å². The van der Waals surface area contributed by atoms with Crippen LogP contribution in [-0.4, -0.2) is 5.78 Å². The van der Waals surface area contributed by atoms with Gasteiger partial charge >= 0.3 is 0 Å². The third-order valence-corrected chi connectivity index (χ3v) is 3.37. The average molecular weight is 238 g/mol. The molecule has 0 aliphatic rings. The van der Waals surface area contributed by atoms with E-state index in [0.29, 0.717) is 0 Å². The highest BCUT2D eigenvalue weighted by Gasteiger charge is 2.09. The highest BCUT2D eigenvalue weighted by Crippen LogP contribution is 2.15. The molecule has 0 saturated carbocycles. The van der Waals surface area contributed by atoms with Gasteiger partial charge in [0, 0.05) is 11.1 Å². The van der Waals surface area contributed by atoms with Gasteiger partial charge in [-0.3, -0.25) is 4.79 Å². The molecule has 92 valence electrons. The van der Waals surface area contributed by atoms with Crippen LogP contribution >= 0.6 is 0 Å². The van der Waals surface area contributed by atoms with Crippen molar-refractivity contribution in [3.05, 3.63) is 70.3 Å². The molecule has 1 nitrogen and oxygen atoms in total. The highest BCUT2D eigenvalue weighted by molar-refractivity contribution is 6.09. The lowest BCUT2D eigenvalue weighted by atomic mass is 9.98. The molecule has 0 fully saturated rings. The summed E-state index contributed by atoms with van der Waals surface area (Å²) < 4.78 is 0. The quantitative estimate of drug-likeness (QED) is 0.736. The molecule has 0 atom stereocenters. The summed E-state index contributed by atoms with van der Waals surface area (Å²) in [7, 11) is 0. The third-order valence-electron chi connectivity index (χ3n) is 3.37. The van der Waals surface area contributed by atoms with Gasteiger partial charge in [-0.25, -0.2) is 0 Å². The first-order valence-electron chi connectivity index (χ1n) is 6.32. The fourth-order valence-corrected chi connectivity index (χ4v) is 1.98. The van der Waals surface area contributed by atoms with E-state index in [1.54, 1.807) is 0 Å². The number of benzene rings is 2. The Bertz CT molecular complexity index is 582. The van der Waals surface area contributed by atoms with Gasteiger partial charge in [0.1, 0.15) is 0 Å². The van der Waals surface area contributed by atoms with Crippen LogP contribution in [0, 0.1) is 13.8 Å². The minimum absolute atomic E-state index is 0.105. The largest absolute Gasteiger partial charge is 0.289 e. The summed E-state index contributed by atoms with van der Waals surface area (Å²) in [5.41, 5.74) is 5.12. The summed E-state index contributed by atoms with van der Waals surface area (Å²) in [4.78, 5) is 12.4. The summed E-state index contributed by atoms with van der Waals surface area (Å²) in [5.74, 6) is 0.105. The molecule has 0 radical (unpaired) electrons. The topological polar surface area (TPSA) is 17.1 Å². The van der Waals surface area contributed by atoms with E-state index in [1.807, 2.05) is 43.3 Å². The second kappa shape index (κ2) is 5.18. The van der Waals surface area contributed by atoms with E-state index in [1.165, 1.54) is 11.1 Å². The normalized spacial score (nSPS) is 10.4. The maximum absolute atomic E-state index is 12.4. The van der Waals surface area contributed by atoms with Gasteiger partial charge in [-0.2, -0.15) is 0 Å². The van der Waals surface area contributed by atoms with E-state index in [-0.39, 0.29) is 5.78 Å². The van der Waals surface area contributed by atoms with Crippen LogP contribution in [0.25, 0.3) is 0 Å². The molecule has 0 aromatic heterocycles. The molecule has 0 amide bonds. The first-order valence-corrected chi connectivity index (χ1v) is 6.32. The van der Waals surface area contributed by atoms with E-state index >= 15 is 0 Å². The maximum atomic E-state index is 12.4. The second-order valence-electron chi connectivity index (χ2n) is 4.68. The predicted molar refractivity (Wildman–Crippen MR) is 75.2 cm³/mol. The molecule has 2 rings (SSSR count). The SMILES string of the molecule is CCc1cccc(C(=O)c2ccc(C)c(C)c2)c1. The fraction of sp³-hybridized carbons (Fsp3) is 0.235. The zero-order chi connectivity index (χ0) is 13.1. The van der Waals surface area contributed by atoms with Crippen LogP contribution in [0.15, 0.2) is 42.5 Å². The summed E-state index contributed by atoms with van der Waals surface area (Å²) >= 11 is 0. The van der Waals surface area contributed by atoms with E-state index in [0.717, 1.165) is 23.1 Å². The molecule has 2 aromatic carbocycles. The zero-order valence-corrected chi connectivity index (χ0v) is 11.2. The molecule has 0 aliphatic heterocycles. The number of rotatable bonds is 3. The lowest BCUT2D eigenvalue weighted by Gasteiger charge is -2.06. The maximum Gasteiger partial charge on any atom is 0.193 e.